The topological polar surface area (TPSA) is 66.5 Å². The molecule has 0 spiro atoms. The Morgan fingerprint density at radius 1 is 1.15 bits per heavy atom. The smallest absolute Gasteiger partial charge is 0.240 e. The number of carbonyl (C=O) groups is 1. The van der Waals surface area contributed by atoms with E-state index in [-0.39, 0.29) is 17.3 Å². The zero-order valence-electron chi connectivity index (χ0n) is 15.2. The molecule has 0 aromatic heterocycles. The molecule has 8 heteroatoms. The van der Waals surface area contributed by atoms with Crippen LogP contribution in [0.1, 0.15) is 17.5 Å². The Kier molecular flexibility index (Phi) is 7.53. The fourth-order valence-electron chi connectivity index (χ4n) is 2.63. The Morgan fingerprint density at radius 3 is 2.56 bits per heavy atom. The van der Waals surface area contributed by atoms with E-state index < -0.39 is 15.9 Å². The van der Waals surface area contributed by atoms with Crippen LogP contribution in [0.25, 0.3) is 0 Å². The van der Waals surface area contributed by atoms with Crippen molar-refractivity contribution in [1.29, 1.82) is 0 Å². The van der Waals surface area contributed by atoms with Crippen LogP contribution < -0.4 is 9.62 Å². The normalized spacial score (nSPS) is 11.3. The molecule has 0 aliphatic heterocycles. The van der Waals surface area contributed by atoms with Crippen molar-refractivity contribution in [1.82, 2.24) is 5.32 Å². The second-order valence-corrected chi connectivity index (χ2v) is 9.06. The average molecular weight is 429 g/mol. The molecule has 0 atom stereocenters. The van der Waals surface area contributed by atoms with E-state index in [1.807, 2.05) is 25.1 Å². The van der Waals surface area contributed by atoms with Crippen LogP contribution >= 0.6 is 23.2 Å². The molecule has 0 bridgehead atoms. The number of halogens is 2. The second kappa shape index (κ2) is 9.44. The van der Waals surface area contributed by atoms with E-state index in [2.05, 4.69) is 11.4 Å². The van der Waals surface area contributed by atoms with Crippen molar-refractivity contribution in [2.75, 3.05) is 23.7 Å². The number of hydrogen-bond donors (Lipinski definition) is 1. The Morgan fingerprint density at radius 2 is 1.89 bits per heavy atom. The molecule has 1 N–H and O–H groups in total. The minimum atomic E-state index is -3.70. The maximum Gasteiger partial charge on any atom is 0.240 e. The molecule has 0 radical (unpaired) electrons. The molecule has 5 nitrogen and oxygen atoms in total. The van der Waals surface area contributed by atoms with Crippen molar-refractivity contribution >= 4 is 44.8 Å². The van der Waals surface area contributed by atoms with E-state index in [4.69, 9.17) is 23.2 Å². The van der Waals surface area contributed by atoms with Gasteiger partial charge in [0, 0.05) is 11.6 Å². The number of benzene rings is 2. The highest BCUT2D eigenvalue weighted by atomic mass is 35.5. The molecule has 0 saturated carbocycles. The third-order valence-corrected chi connectivity index (χ3v) is 5.59. The van der Waals surface area contributed by atoms with Gasteiger partial charge in [-0.1, -0.05) is 53.0 Å². The number of anilines is 1. The molecule has 0 saturated heterocycles. The first-order chi connectivity index (χ1) is 12.7. The van der Waals surface area contributed by atoms with Gasteiger partial charge in [0.1, 0.15) is 6.54 Å². The number of nitrogens with one attached hydrogen (secondary N) is 1. The summed E-state index contributed by atoms with van der Waals surface area (Å²) >= 11 is 12.0. The Balaban J connectivity index is 1.95. The summed E-state index contributed by atoms with van der Waals surface area (Å²) in [5, 5.41) is 3.29. The summed E-state index contributed by atoms with van der Waals surface area (Å²) in [7, 11) is -3.70. The summed E-state index contributed by atoms with van der Waals surface area (Å²) in [4.78, 5) is 12.2. The Hall–Kier alpha value is -1.76. The highest BCUT2D eigenvalue weighted by Crippen LogP contribution is 2.30. The van der Waals surface area contributed by atoms with Crippen LogP contribution in [0.5, 0.6) is 0 Å². The third-order valence-electron chi connectivity index (χ3n) is 3.91. The van der Waals surface area contributed by atoms with Gasteiger partial charge in [-0.15, -0.1) is 0 Å². The Bertz CT molecular complexity index is 917. The average Bonchev–Trinajstić information content (AvgIpc) is 2.58. The first-order valence-corrected chi connectivity index (χ1v) is 11.0. The molecule has 0 heterocycles. The number of carbonyl (C=O) groups excluding carboxylic acids is 1. The number of amides is 1. The van der Waals surface area contributed by atoms with E-state index in [1.54, 1.807) is 6.07 Å². The molecule has 0 fully saturated rings. The van der Waals surface area contributed by atoms with E-state index in [1.165, 1.54) is 23.3 Å². The van der Waals surface area contributed by atoms with Gasteiger partial charge in [-0.05, 0) is 43.5 Å². The first-order valence-electron chi connectivity index (χ1n) is 8.42. The lowest BCUT2D eigenvalue weighted by Crippen LogP contribution is -2.40. The molecule has 1 amide bonds. The summed E-state index contributed by atoms with van der Waals surface area (Å²) in [5.74, 6) is -0.402. The predicted molar refractivity (Wildman–Crippen MR) is 111 cm³/mol. The molecule has 2 rings (SSSR count). The van der Waals surface area contributed by atoms with E-state index in [9.17, 15) is 13.2 Å². The lowest BCUT2D eigenvalue weighted by Gasteiger charge is -2.23. The fraction of sp³-hybridized carbons (Fsp3) is 0.316. The van der Waals surface area contributed by atoms with Crippen molar-refractivity contribution < 1.29 is 13.2 Å². The fourth-order valence-corrected chi connectivity index (χ4v) is 3.93. The number of nitrogens with zero attached hydrogens (tertiary/aromatic N) is 1. The van der Waals surface area contributed by atoms with Gasteiger partial charge in [0.2, 0.25) is 15.9 Å². The van der Waals surface area contributed by atoms with Crippen molar-refractivity contribution in [2.45, 2.75) is 19.8 Å². The van der Waals surface area contributed by atoms with Crippen LogP contribution in [-0.2, 0) is 21.2 Å². The van der Waals surface area contributed by atoms with Crippen LogP contribution in [0.3, 0.4) is 0 Å². The quantitative estimate of drug-likeness (QED) is 0.649. The number of sulfonamides is 1. The Labute approximate surface area is 170 Å². The lowest BCUT2D eigenvalue weighted by atomic mass is 10.1. The molecule has 0 aliphatic carbocycles. The van der Waals surface area contributed by atoms with Crippen molar-refractivity contribution in [3.05, 3.63) is 63.6 Å². The van der Waals surface area contributed by atoms with E-state index >= 15 is 0 Å². The molecular weight excluding hydrogens is 407 g/mol. The second-order valence-electron chi connectivity index (χ2n) is 6.31. The van der Waals surface area contributed by atoms with E-state index in [0.717, 1.165) is 23.4 Å². The SMILES string of the molecule is Cc1cccc(CCCNC(=O)CN(c2cc(Cl)ccc2Cl)S(C)(=O)=O)c1. The van der Waals surface area contributed by atoms with Crippen LogP contribution in [0, 0.1) is 6.92 Å². The van der Waals surface area contributed by atoms with Gasteiger partial charge in [-0.3, -0.25) is 9.10 Å². The molecule has 0 aliphatic rings. The summed E-state index contributed by atoms with van der Waals surface area (Å²) in [6.45, 7) is 2.13. The standard InChI is InChI=1S/C19H22Cl2N2O3S/c1-14-5-3-6-15(11-14)7-4-10-22-19(24)13-23(27(2,25)26)18-12-16(20)8-9-17(18)21/h3,5-6,8-9,11-12H,4,7,10,13H2,1-2H3,(H,22,24). The maximum atomic E-state index is 12.2. The van der Waals surface area contributed by atoms with Crippen molar-refractivity contribution in [3.8, 4) is 0 Å². The number of hydrogen-bond acceptors (Lipinski definition) is 3. The zero-order valence-corrected chi connectivity index (χ0v) is 17.5. The highest BCUT2D eigenvalue weighted by Gasteiger charge is 2.23. The number of rotatable bonds is 8. The molecule has 2 aromatic rings. The molecule has 27 heavy (non-hydrogen) atoms. The largest absolute Gasteiger partial charge is 0.355 e. The summed E-state index contributed by atoms with van der Waals surface area (Å²) < 4.78 is 25.2. The van der Waals surface area contributed by atoms with Gasteiger partial charge in [0.05, 0.1) is 17.0 Å². The van der Waals surface area contributed by atoms with Gasteiger partial charge >= 0.3 is 0 Å². The molecule has 2 aromatic carbocycles. The predicted octanol–water partition coefficient (Wildman–Crippen LogP) is 3.82. The van der Waals surface area contributed by atoms with Crippen LogP contribution in [-0.4, -0.2) is 33.7 Å². The minimum absolute atomic E-state index is 0.182. The van der Waals surface area contributed by atoms with E-state index in [0.29, 0.717) is 11.6 Å². The monoisotopic (exact) mass is 428 g/mol. The van der Waals surface area contributed by atoms with Crippen molar-refractivity contribution in [3.63, 3.8) is 0 Å². The summed E-state index contributed by atoms with van der Waals surface area (Å²) in [6, 6.07) is 12.7. The zero-order chi connectivity index (χ0) is 20.0. The maximum absolute atomic E-state index is 12.2. The minimum Gasteiger partial charge on any atom is -0.355 e. The van der Waals surface area contributed by atoms with Crippen LogP contribution in [0.15, 0.2) is 42.5 Å². The van der Waals surface area contributed by atoms with Gasteiger partial charge in [0.25, 0.3) is 0 Å². The van der Waals surface area contributed by atoms with Gasteiger partial charge in [-0.25, -0.2) is 8.42 Å². The van der Waals surface area contributed by atoms with Crippen LogP contribution in [0.2, 0.25) is 10.0 Å². The first kappa shape index (κ1) is 21.5. The molecular formula is C19H22Cl2N2O3S. The lowest BCUT2D eigenvalue weighted by molar-refractivity contribution is -0.119. The molecule has 0 unspecified atom stereocenters. The van der Waals surface area contributed by atoms with Gasteiger partial charge in [-0.2, -0.15) is 0 Å². The number of aryl methyl sites for hydroxylation is 2. The van der Waals surface area contributed by atoms with Crippen LogP contribution in [0.4, 0.5) is 5.69 Å². The van der Waals surface area contributed by atoms with Gasteiger partial charge in [0.15, 0.2) is 0 Å². The van der Waals surface area contributed by atoms with Gasteiger partial charge < -0.3 is 5.32 Å². The molecule has 146 valence electrons. The highest BCUT2D eigenvalue weighted by molar-refractivity contribution is 7.92. The van der Waals surface area contributed by atoms with Crippen molar-refractivity contribution in [2.24, 2.45) is 0 Å². The summed E-state index contributed by atoms with van der Waals surface area (Å²) in [6.07, 6.45) is 2.61. The third kappa shape index (κ3) is 6.72. The summed E-state index contributed by atoms with van der Waals surface area (Å²) in [5.41, 5.74) is 2.58.